The van der Waals surface area contributed by atoms with Crippen LogP contribution in [0.25, 0.3) is 10.9 Å². The third-order valence-corrected chi connectivity index (χ3v) is 5.54. The number of fused-ring (bicyclic) bond motifs is 1. The highest BCUT2D eigenvalue weighted by Gasteiger charge is 2.16. The number of carbonyl (C=O) groups is 1. The van der Waals surface area contributed by atoms with Gasteiger partial charge >= 0.3 is 5.97 Å². The smallest absolute Gasteiger partial charge is 0.343 e. The zero-order valence-electron chi connectivity index (χ0n) is 19.0. The summed E-state index contributed by atoms with van der Waals surface area (Å²) in [6.07, 6.45) is 2.39. The van der Waals surface area contributed by atoms with Crippen molar-refractivity contribution < 1.29 is 19.0 Å². The lowest BCUT2D eigenvalue weighted by molar-refractivity contribution is -0.142. The second-order valence-corrected chi connectivity index (χ2v) is 8.22. The van der Waals surface area contributed by atoms with Crippen molar-refractivity contribution in [3.05, 3.63) is 62.6 Å². The molecule has 174 valence electrons. The first-order valence-corrected chi connectivity index (χ1v) is 11.4. The Morgan fingerprint density at radius 3 is 2.67 bits per heavy atom. The molecule has 0 aliphatic rings. The van der Waals surface area contributed by atoms with E-state index in [0.29, 0.717) is 40.4 Å². The molecule has 0 spiro atoms. The van der Waals surface area contributed by atoms with E-state index in [0.717, 1.165) is 10.9 Å². The number of esters is 1. The van der Waals surface area contributed by atoms with Gasteiger partial charge in [-0.3, -0.25) is 4.79 Å². The number of rotatable bonds is 9. The van der Waals surface area contributed by atoms with Crippen LogP contribution in [0.15, 0.2) is 50.8 Å². The Kier molecular flexibility index (Phi) is 8.21. The van der Waals surface area contributed by atoms with Crippen LogP contribution in [0, 0.1) is 0 Å². The molecule has 2 aromatic carbocycles. The third kappa shape index (κ3) is 5.78. The van der Waals surface area contributed by atoms with Gasteiger partial charge in [-0.25, -0.2) is 9.78 Å². The van der Waals surface area contributed by atoms with Crippen LogP contribution >= 0.6 is 15.9 Å². The van der Waals surface area contributed by atoms with Crippen molar-refractivity contribution in [3.8, 4) is 11.5 Å². The van der Waals surface area contributed by atoms with E-state index in [1.54, 1.807) is 30.5 Å². The molecule has 3 aromatic rings. The van der Waals surface area contributed by atoms with Crippen LogP contribution in [0.5, 0.6) is 11.5 Å². The highest BCUT2D eigenvalue weighted by molar-refractivity contribution is 9.10. The maximum Gasteiger partial charge on any atom is 0.343 e. The fourth-order valence-corrected chi connectivity index (χ4v) is 3.45. The lowest BCUT2D eigenvalue weighted by Gasteiger charge is -2.14. The first-order valence-electron chi connectivity index (χ1n) is 10.6. The summed E-state index contributed by atoms with van der Waals surface area (Å²) >= 11 is 3.41. The second kappa shape index (κ2) is 11.1. The van der Waals surface area contributed by atoms with E-state index in [2.05, 4.69) is 25.8 Å². The first-order chi connectivity index (χ1) is 15.9. The maximum atomic E-state index is 13.2. The summed E-state index contributed by atoms with van der Waals surface area (Å²) in [6.45, 7) is 6.09. The molecule has 0 fully saturated rings. The molecule has 0 aliphatic heterocycles. The summed E-state index contributed by atoms with van der Waals surface area (Å²) in [4.78, 5) is 29.3. The van der Waals surface area contributed by atoms with E-state index in [1.807, 2.05) is 32.9 Å². The highest BCUT2D eigenvalue weighted by Crippen LogP contribution is 2.28. The normalized spacial score (nSPS) is 12.2. The van der Waals surface area contributed by atoms with E-state index in [-0.39, 0.29) is 18.1 Å². The second-order valence-electron chi connectivity index (χ2n) is 7.31. The first kappa shape index (κ1) is 24.4. The van der Waals surface area contributed by atoms with Crippen LogP contribution in [0.3, 0.4) is 0 Å². The van der Waals surface area contributed by atoms with E-state index in [4.69, 9.17) is 14.5 Å². The maximum absolute atomic E-state index is 13.2. The van der Waals surface area contributed by atoms with Gasteiger partial charge in [0.2, 0.25) is 0 Å². The highest BCUT2D eigenvalue weighted by atomic mass is 79.9. The summed E-state index contributed by atoms with van der Waals surface area (Å²) in [6, 6.07) is 10.6. The fourth-order valence-electron chi connectivity index (χ4n) is 3.09. The van der Waals surface area contributed by atoms with Crippen molar-refractivity contribution in [1.29, 1.82) is 0 Å². The Bertz CT molecular complexity index is 1240. The summed E-state index contributed by atoms with van der Waals surface area (Å²) in [5.41, 5.74) is 1.09. The summed E-state index contributed by atoms with van der Waals surface area (Å²) in [5, 5.41) is 4.96. The minimum Gasteiger partial charge on any atom is -0.490 e. The van der Waals surface area contributed by atoms with E-state index in [1.165, 1.54) is 11.8 Å². The SMILES string of the molecule is CCOc1cc(C=Nn2c([C@H](C)CC)nc3ccc(Br)cc3c2=O)ccc1OCC(=O)OC. The Labute approximate surface area is 200 Å². The topological polar surface area (TPSA) is 92.0 Å². The molecule has 1 heterocycles. The molecule has 33 heavy (non-hydrogen) atoms. The molecular formula is C24H26BrN3O5. The average Bonchev–Trinajstić information content (AvgIpc) is 2.82. The number of nitrogens with zero attached hydrogens (tertiary/aromatic N) is 3. The molecule has 0 unspecified atom stereocenters. The van der Waals surface area contributed by atoms with Crippen LogP contribution in [0.2, 0.25) is 0 Å². The van der Waals surface area contributed by atoms with Gasteiger partial charge in [0.05, 0.1) is 30.8 Å². The molecule has 0 saturated heterocycles. The Hall–Kier alpha value is -3.20. The summed E-state index contributed by atoms with van der Waals surface area (Å²) in [7, 11) is 1.30. The van der Waals surface area contributed by atoms with Crippen molar-refractivity contribution in [1.82, 2.24) is 9.66 Å². The molecule has 3 rings (SSSR count). The van der Waals surface area contributed by atoms with Gasteiger partial charge < -0.3 is 14.2 Å². The van der Waals surface area contributed by atoms with Crippen molar-refractivity contribution in [3.63, 3.8) is 0 Å². The lowest BCUT2D eigenvalue weighted by atomic mass is 10.1. The van der Waals surface area contributed by atoms with Gasteiger partial charge in [-0.05, 0) is 55.3 Å². The summed E-state index contributed by atoms with van der Waals surface area (Å²) < 4.78 is 17.9. The number of benzene rings is 2. The molecule has 0 radical (unpaired) electrons. The molecule has 9 heteroatoms. The molecule has 0 amide bonds. The number of aromatic nitrogens is 2. The van der Waals surface area contributed by atoms with Crippen molar-refractivity contribution in [2.75, 3.05) is 20.3 Å². The number of halogens is 1. The zero-order valence-corrected chi connectivity index (χ0v) is 20.6. The molecule has 0 saturated carbocycles. The van der Waals surface area contributed by atoms with Gasteiger partial charge in [0.15, 0.2) is 18.1 Å². The van der Waals surface area contributed by atoms with Gasteiger partial charge in [-0.2, -0.15) is 9.78 Å². The van der Waals surface area contributed by atoms with Gasteiger partial charge in [0, 0.05) is 10.4 Å². The van der Waals surface area contributed by atoms with Crippen molar-refractivity contribution in [2.45, 2.75) is 33.1 Å². The third-order valence-electron chi connectivity index (χ3n) is 5.05. The molecule has 8 nitrogen and oxygen atoms in total. The lowest BCUT2D eigenvalue weighted by Crippen LogP contribution is -2.23. The van der Waals surface area contributed by atoms with Gasteiger partial charge in [-0.1, -0.05) is 29.8 Å². The largest absolute Gasteiger partial charge is 0.490 e. The average molecular weight is 516 g/mol. The van der Waals surface area contributed by atoms with Crippen LogP contribution in [0.1, 0.15) is 44.5 Å². The molecule has 1 aromatic heterocycles. The van der Waals surface area contributed by atoms with E-state index >= 15 is 0 Å². The monoisotopic (exact) mass is 515 g/mol. The molecule has 1 atom stereocenters. The van der Waals surface area contributed by atoms with Crippen molar-refractivity contribution in [2.24, 2.45) is 5.10 Å². The number of hydrogen-bond donors (Lipinski definition) is 0. The van der Waals surface area contributed by atoms with Gasteiger partial charge in [-0.15, -0.1) is 0 Å². The predicted octanol–water partition coefficient (Wildman–Crippen LogP) is 4.51. The number of carbonyl (C=O) groups excluding carboxylic acids is 1. The van der Waals surface area contributed by atoms with Gasteiger partial charge in [0.25, 0.3) is 5.56 Å². The minimum absolute atomic E-state index is 0.0379. The molecule has 0 N–H and O–H groups in total. The Balaban J connectivity index is 2.02. The quantitative estimate of drug-likeness (QED) is 0.307. The Morgan fingerprint density at radius 1 is 1.18 bits per heavy atom. The van der Waals surface area contributed by atoms with Gasteiger partial charge in [0.1, 0.15) is 5.82 Å². The van der Waals surface area contributed by atoms with E-state index < -0.39 is 5.97 Å². The number of methoxy groups -OCH3 is 1. The van der Waals surface area contributed by atoms with Crippen LogP contribution in [0.4, 0.5) is 0 Å². The minimum atomic E-state index is -0.490. The standard InChI is InChI=1S/C24H26BrN3O5/c1-5-15(3)23-27-19-9-8-17(25)12-18(19)24(30)28(23)26-13-16-7-10-20(21(11-16)32-6-2)33-14-22(29)31-4/h7-13,15H,5-6,14H2,1-4H3/t15-/m1/s1. The van der Waals surface area contributed by atoms with Crippen LogP contribution < -0.4 is 15.0 Å². The molecule has 0 bridgehead atoms. The Morgan fingerprint density at radius 2 is 1.97 bits per heavy atom. The number of hydrogen-bond acceptors (Lipinski definition) is 7. The predicted molar refractivity (Wildman–Crippen MR) is 131 cm³/mol. The summed E-state index contributed by atoms with van der Waals surface area (Å²) in [5.74, 6) is 1.01. The van der Waals surface area contributed by atoms with Crippen LogP contribution in [-0.2, 0) is 9.53 Å². The van der Waals surface area contributed by atoms with E-state index in [9.17, 15) is 9.59 Å². The molecule has 0 aliphatic carbocycles. The fraction of sp³-hybridized carbons (Fsp3) is 0.333. The zero-order chi connectivity index (χ0) is 24.0. The number of ether oxygens (including phenoxy) is 3. The van der Waals surface area contributed by atoms with Crippen molar-refractivity contribution >= 4 is 39.0 Å². The molecular weight excluding hydrogens is 490 g/mol. The van der Waals surface area contributed by atoms with Crippen LogP contribution in [-0.4, -0.2) is 42.2 Å².